The Kier molecular flexibility index (Phi) is 2.70. The van der Waals surface area contributed by atoms with Gasteiger partial charge in [-0.15, -0.1) is 11.3 Å². The summed E-state index contributed by atoms with van der Waals surface area (Å²) in [6, 6.07) is 7.50. The van der Waals surface area contributed by atoms with Gasteiger partial charge in [0.25, 0.3) is 0 Å². The molecule has 2 heterocycles. The van der Waals surface area contributed by atoms with Gasteiger partial charge in [-0.25, -0.2) is 0 Å². The fourth-order valence-corrected chi connectivity index (χ4v) is 1.90. The van der Waals surface area contributed by atoms with Crippen LogP contribution in [0.25, 0.3) is 0 Å². The molecule has 2 aromatic rings. The molecule has 0 radical (unpaired) electrons. The maximum absolute atomic E-state index is 11.7. The van der Waals surface area contributed by atoms with Crippen LogP contribution >= 0.6 is 11.3 Å². The lowest BCUT2D eigenvalue weighted by Crippen LogP contribution is -2.02. The molecule has 3 heteroatoms. The largest absolute Gasteiger partial charge is 0.294 e. The lowest BCUT2D eigenvalue weighted by molar-refractivity contribution is 0.0993. The average molecular weight is 203 g/mol. The summed E-state index contributed by atoms with van der Waals surface area (Å²) >= 11 is 1.60. The van der Waals surface area contributed by atoms with E-state index in [-0.39, 0.29) is 5.78 Å². The van der Waals surface area contributed by atoms with Crippen LogP contribution in [0.2, 0.25) is 0 Å². The van der Waals surface area contributed by atoms with E-state index in [1.807, 2.05) is 17.5 Å². The third-order valence-corrected chi connectivity index (χ3v) is 2.77. The standard InChI is InChI=1S/C11H9NOS/c13-11(7-10-4-2-6-14-10)9-3-1-5-12-8-9/h1-6,8H,7H2. The predicted molar refractivity (Wildman–Crippen MR) is 56.6 cm³/mol. The molecule has 0 saturated carbocycles. The van der Waals surface area contributed by atoms with Crippen molar-refractivity contribution < 1.29 is 4.79 Å². The summed E-state index contributed by atoms with van der Waals surface area (Å²) in [5, 5.41) is 1.98. The minimum atomic E-state index is 0.126. The second kappa shape index (κ2) is 4.15. The van der Waals surface area contributed by atoms with E-state index in [1.165, 1.54) is 0 Å². The lowest BCUT2D eigenvalue weighted by Gasteiger charge is -1.97. The number of Topliss-reactive ketones (excluding diaryl/α,β-unsaturated/α-hetero) is 1. The zero-order valence-electron chi connectivity index (χ0n) is 7.51. The van der Waals surface area contributed by atoms with Gasteiger partial charge >= 0.3 is 0 Å². The van der Waals surface area contributed by atoms with Crippen molar-refractivity contribution in [3.63, 3.8) is 0 Å². The number of carbonyl (C=O) groups excluding carboxylic acids is 1. The quantitative estimate of drug-likeness (QED) is 0.717. The van der Waals surface area contributed by atoms with Crippen molar-refractivity contribution in [3.05, 3.63) is 52.5 Å². The van der Waals surface area contributed by atoms with Crippen LogP contribution in [0.1, 0.15) is 15.2 Å². The number of hydrogen-bond acceptors (Lipinski definition) is 3. The molecule has 0 spiro atoms. The Morgan fingerprint density at radius 2 is 2.29 bits per heavy atom. The number of pyridine rings is 1. The van der Waals surface area contributed by atoms with Crippen molar-refractivity contribution in [2.24, 2.45) is 0 Å². The Bertz CT molecular complexity index is 408. The van der Waals surface area contributed by atoms with Crippen molar-refractivity contribution in [2.75, 3.05) is 0 Å². The van der Waals surface area contributed by atoms with Gasteiger partial charge in [-0.3, -0.25) is 9.78 Å². The molecule has 0 bridgehead atoms. The molecule has 0 aromatic carbocycles. The Hall–Kier alpha value is -1.48. The summed E-state index contributed by atoms with van der Waals surface area (Å²) < 4.78 is 0. The number of nitrogens with zero attached hydrogens (tertiary/aromatic N) is 1. The summed E-state index contributed by atoms with van der Waals surface area (Å²) in [5.41, 5.74) is 0.681. The van der Waals surface area contributed by atoms with Crippen molar-refractivity contribution in [2.45, 2.75) is 6.42 Å². The first-order valence-corrected chi connectivity index (χ1v) is 5.20. The zero-order valence-corrected chi connectivity index (χ0v) is 8.33. The Morgan fingerprint density at radius 1 is 1.36 bits per heavy atom. The normalized spacial score (nSPS) is 10.0. The molecule has 2 aromatic heterocycles. The van der Waals surface area contributed by atoms with Crippen LogP contribution < -0.4 is 0 Å². The topological polar surface area (TPSA) is 30.0 Å². The van der Waals surface area contributed by atoms with E-state index in [0.717, 1.165) is 4.88 Å². The molecule has 0 saturated heterocycles. The molecule has 0 fully saturated rings. The first-order valence-electron chi connectivity index (χ1n) is 4.32. The predicted octanol–water partition coefficient (Wildman–Crippen LogP) is 2.57. The first kappa shape index (κ1) is 9.09. The van der Waals surface area contributed by atoms with E-state index in [9.17, 15) is 4.79 Å². The van der Waals surface area contributed by atoms with Crippen LogP contribution in [0.4, 0.5) is 0 Å². The van der Waals surface area contributed by atoms with Crippen molar-refractivity contribution in [3.8, 4) is 0 Å². The molecule has 0 aliphatic heterocycles. The van der Waals surface area contributed by atoms with E-state index in [2.05, 4.69) is 4.98 Å². The van der Waals surface area contributed by atoms with Gasteiger partial charge in [-0.2, -0.15) is 0 Å². The fraction of sp³-hybridized carbons (Fsp3) is 0.0909. The third kappa shape index (κ3) is 2.06. The van der Waals surface area contributed by atoms with Crippen LogP contribution in [-0.2, 0) is 6.42 Å². The number of carbonyl (C=O) groups is 1. The van der Waals surface area contributed by atoms with Gasteiger partial charge < -0.3 is 0 Å². The molecule has 70 valence electrons. The molecule has 14 heavy (non-hydrogen) atoms. The van der Waals surface area contributed by atoms with Gasteiger partial charge in [0.2, 0.25) is 0 Å². The lowest BCUT2D eigenvalue weighted by atomic mass is 10.1. The van der Waals surface area contributed by atoms with Gasteiger partial charge in [0.1, 0.15) is 0 Å². The second-order valence-corrected chi connectivity index (χ2v) is 3.95. The first-order chi connectivity index (χ1) is 6.86. The molecule has 0 unspecified atom stereocenters. The highest BCUT2D eigenvalue weighted by atomic mass is 32.1. The highest BCUT2D eigenvalue weighted by Crippen LogP contribution is 2.12. The van der Waals surface area contributed by atoms with Crippen LogP contribution in [0.3, 0.4) is 0 Å². The summed E-state index contributed by atoms with van der Waals surface area (Å²) in [6.45, 7) is 0. The highest BCUT2D eigenvalue weighted by Gasteiger charge is 2.06. The molecular formula is C11H9NOS. The Balaban J connectivity index is 2.11. The summed E-state index contributed by atoms with van der Waals surface area (Å²) in [6.07, 6.45) is 3.75. The van der Waals surface area contributed by atoms with Crippen LogP contribution in [0.15, 0.2) is 42.0 Å². The maximum atomic E-state index is 11.7. The van der Waals surface area contributed by atoms with Gasteiger partial charge in [0.15, 0.2) is 5.78 Å². The maximum Gasteiger partial charge on any atom is 0.169 e. The molecule has 0 amide bonds. The minimum absolute atomic E-state index is 0.126. The summed E-state index contributed by atoms with van der Waals surface area (Å²) in [4.78, 5) is 16.7. The van der Waals surface area contributed by atoms with Gasteiger partial charge in [0.05, 0.1) is 0 Å². The highest BCUT2D eigenvalue weighted by molar-refractivity contribution is 7.10. The van der Waals surface area contributed by atoms with E-state index >= 15 is 0 Å². The molecular weight excluding hydrogens is 194 g/mol. The van der Waals surface area contributed by atoms with E-state index in [4.69, 9.17) is 0 Å². The van der Waals surface area contributed by atoms with Gasteiger partial charge in [0, 0.05) is 29.3 Å². The number of aromatic nitrogens is 1. The number of thiophene rings is 1. The molecule has 2 rings (SSSR count). The molecule has 0 atom stereocenters. The smallest absolute Gasteiger partial charge is 0.169 e. The van der Waals surface area contributed by atoms with Crippen molar-refractivity contribution in [1.29, 1.82) is 0 Å². The van der Waals surface area contributed by atoms with E-state index < -0.39 is 0 Å². The number of hydrogen-bond donors (Lipinski definition) is 0. The number of ketones is 1. The summed E-state index contributed by atoms with van der Waals surface area (Å²) in [5.74, 6) is 0.126. The van der Waals surface area contributed by atoms with Crippen molar-refractivity contribution in [1.82, 2.24) is 4.98 Å². The van der Waals surface area contributed by atoms with E-state index in [1.54, 1.807) is 35.9 Å². The third-order valence-electron chi connectivity index (χ3n) is 1.90. The molecule has 0 aliphatic rings. The molecule has 0 aliphatic carbocycles. The van der Waals surface area contributed by atoms with Crippen LogP contribution in [-0.4, -0.2) is 10.8 Å². The van der Waals surface area contributed by atoms with Crippen LogP contribution in [0.5, 0.6) is 0 Å². The monoisotopic (exact) mass is 203 g/mol. The number of rotatable bonds is 3. The SMILES string of the molecule is O=C(Cc1cccs1)c1cccnc1. The Morgan fingerprint density at radius 3 is 2.93 bits per heavy atom. The zero-order chi connectivity index (χ0) is 9.80. The fourth-order valence-electron chi connectivity index (χ4n) is 1.20. The van der Waals surface area contributed by atoms with Gasteiger partial charge in [-0.05, 0) is 23.6 Å². The second-order valence-electron chi connectivity index (χ2n) is 2.92. The Labute approximate surface area is 86.2 Å². The van der Waals surface area contributed by atoms with E-state index in [0.29, 0.717) is 12.0 Å². The minimum Gasteiger partial charge on any atom is -0.294 e. The van der Waals surface area contributed by atoms with Crippen LogP contribution in [0, 0.1) is 0 Å². The van der Waals surface area contributed by atoms with Gasteiger partial charge in [-0.1, -0.05) is 6.07 Å². The summed E-state index contributed by atoms with van der Waals surface area (Å²) in [7, 11) is 0. The molecule has 2 nitrogen and oxygen atoms in total. The van der Waals surface area contributed by atoms with Crippen molar-refractivity contribution >= 4 is 17.1 Å². The molecule has 0 N–H and O–H groups in total. The average Bonchev–Trinajstić information content (AvgIpc) is 2.72.